The number of benzene rings is 1. The second-order valence-corrected chi connectivity index (χ2v) is 7.91. The van der Waals surface area contributed by atoms with Gasteiger partial charge in [0.1, 0.15) is 5.60 Å². The van der Waals surface area contributed by atoms with Crippen LogP contribution in [0, 0.1) is 0 Å². The molecule has 0 saturated carbocycles. The number of anilines is 2. The first-order valence-electron chi connectivity index (χ1n) is 9.52. The fourth-order valence-electron chi connectivity index (χ4n) is 3.01. The van der Waals surface area contributed by atoms with Crippen molar-refractivity contribution in [2.24, 2.45) is 0 Å². The van der Waals surface area contributed by atoms with E-state index in [1.807, 2.05) is 26.8 Å². The molecule has 9 heteroatoms. The summed E-state index contributed by atoms with van der Waals surface area (Å²) < 4.78 is 10.0. The molecule has 160 valence electrons. The maximum absolute atomic E-state index is 12.6. The summed E-state index contributed by atoms with van der Waals surface area (Å²) in [6.45, 7) is 7.92. The van der Waals surface area contributed by atoms with Crippen LogP contribution in [-0.4, -0.2) is 73.8 Å². The van der Waals surface area contributed by atoms with Crippen molar-refractivity contribution in [1.29, 1.82) is 0 Å². The quantitative estimate of drug-likeness (QED) is 0.753. The van der Waals surface area contributed by atoms with E-state index >= 15 is 0 Å². The number of methoxy groups -OCH3 is 1. The van der Waals surface area contributed by atoms with E-state index in [-0.39, 0.29) is 17.3 Å². The number of nitrogens with two attached hydrogens (primary N) is 1. The number of carbonyl (C=O) groups is 3. The number of carbonyl (C=O) groups excluding carboxylic acids is 3. The monoisotopic (exact) mass is 406 g/mol. The van der Waals surface area contributed by atoms with Crippen molar-refractivity contribution in [3.8, 4) is 0 Å². The van der Waals surface area contributed by atoms with Gasteiger partial charge in [0.05, 0.1) is 12.7 Å². The average molecular weight is 406 g/mol. The SMILES string of the molecule is COC(=O)N(C)C(=O)c1cc(N2CCCN(C(=O)OC(C)(C)C)CC2)ccc1N. The smallest absolute Gasteiger partial charge is 0.416 e. The molecule has 29 heavy (non-hydrogen) atoms. The minimum absolute atomic E-state index is 0.226. The molecule has 3 amide bonds. The zero-order valence-corrected chi connectivity index (χ0v) is 17.7. The largest absolute Gasteiger partial charge is 0.452 e. The Bertz CT molecular complexity index is 775. The summed E-state index contributed by atoms with van der Waals surface area (Å²) in [6, 6.07) is 5.14. The molecule has 0 unspecified atom stereocenters. The standard InChI is InChI=1S/C20H30N4O5/c1-20(2,3)29-19(27)24-10-6-9-23(11-12-24)14-7-8-16(21)15(13-14)17(25)22(4)18(26)28-5/h7-8,13H,6,9-12,21H2,1-5H3. The number of nitrogens with zero attached hydrogens (tertiary/aromatic N) is 3. The topological polar surface area (TPSA) is 105 Å². The lowest BCUT2D eigenvalue weighted by Crippen LogP contribution is -2.39. The Kier molecular flexibility index (Phi) is 6.94. The summed E-state index contributed by atoms with van der Waals surface area (Å²) in [6.07, 6.45) is -0.329. The van der Waals surface area contributed by atoms with Gasteiger partial charge in [-0.3, -0.25) is 4.79 Å². The van der Waals surface area contributed by atoms with Crippen molar-refractivity contribution >= 4 is 29.5 Å². The van der Waals surface area contributed by atoms with E-state index in [4.69, 9.17) is 10.5 Å². The highest BCUT2D eigenvalue weighted by Crippen LogP contribution is 2.24. The van der Waals surface area contributed by atoms with Crippen LogP contribution in [0.1, 0.15) is 37.6 Å². The number of ether oxygens (including phenoxy) is 2. The minimum Gasteiger partial charge on any atom is -0.452 e. The van der Waals surface area contributed by atoms with Crippen LogP contribution < -0.4 is 10.6 Å². The first kappa shape index (κ1) is 22.3. The molecule has 2 N–H and O–H groups in total. The van der Waals surface area contributed by atoms with E-state index < -0.39 is 17.6 Å². The lowest BCUT2D eigenvalue weighted by Gasteiger charge is -2.27. The van der Waals surface area contributed by atoms with Gasteiger partial charge in [0.25, 0.3) is 5.91 Å². The normalized spacial score (nSPS) is 14.8. The third-order valence-corrected chi connectivity index (χ3v) is 4.53. The van der Waals surface area contributed by atoms with Crippen molar-refractivity contribution in [3.63, 3.8) is 0 Å². The van der Waals surface area contributed by atoms with Crippen molar-refractivity contribution < 1.29 is 23.9 Å². The van der Waals surface area contributed by atoms with Gasteiger partial charge in [-0.2, -0.15) is 0 Å². The van der Waals surface area contributed by atoms with Crippen LogP contribution >= 0.6 is 0 Å². The Morgan fingerprint density at radius 1 is 1.10 bits per heavy atom. The summed E-state index contributed by atoms with van der Waals surface area (Å²) in [5.74, 6) is -0.540. The van der Waals surface area contributed by atoms with Gasteiger partial charge in [-0.1, -0.05) is 0 Å². The lowest BCUT2D eigenvalue weighted by atomic mass is 10.1. The van der Waals surface area contributed by atoms with Crippen LogP contribution in [0.25, 0.3) is 0 Å². The van der Waals surface area contributed by atoms with E-state index in [0.29, 0.717) is 26.2 Å². The number of rotatable bonds is 2. The van der Waals surface area contributed by atoms with E-state index in [9.17, 15) is 14.4 Å². The van der Waals surface area contributed by atoms with Crippen LogP contribution in [0.5, 0.6) is 0 Å². The zero-order chi connectivity index (χ0) is 21.8. The van der Waals surface area contributed by atoms with Crippen molar-refractivity contribution in [3.05, 3.63) is 23.8 Å². The maximum Gasteiger partial charge on any atom is 0.416 e. The number of hydrogen-bond acceptors (Lipinski definition) is 7. The Morgan fingerprint density at radius 3 is 2.41 bits per heavy atom. The summed E-state index contributed by atoms with van der Waals surface area (Å²) in [5, 5.41) is 0. The maximum atomic E-state index is 12.6. The van der Waals surface area contributed by atoms with Gasteiger partial charge < -0.3 is 25.0 Å². The Labute approximate surface area is 171 Å². The second kappa shape index (κ2) is 9.02. The van der Waals surface area contributed by atoms with Crippen LogP contribution in [0.2, 0.25) is 0 Å². The number of amides is 3. The molecule has 1 saturated heterocycles. The molecule has 1 heterocycles. The molecule has 0 aliphatic carbocycles. The zero-order valence-electron chi connectivity index (χ0n) is 17.7. The molecule has 1 aliphatic heterocycles. The Morgan fingerprint density at radius 2 is 1.79 bits per heavy atom. The minimum atomic E-state index is -0.762. The van der Waals surface area contributed by atoms with Gasteiger partial charge in [-0.25, -0.2) is 14.5 Å². The van der Waals surface area contributed by atoms with Gasteiger partial charge in [0, 0.05) is 44.6 Å². The van der Waals surface area contributed by atoms with Crippen molar-refractivity contribution in [2.75, 3.05) is 51.0 Å². The van der Waals surface area contributed by atoms with E-state index in [2.05, 4.69) is 9.64 Å². The summed E-state index contributed by atoms with van der Waals surface area (Å²) >= 11 is 0. The second-order valence-electron chi connectivity index (χ2n) is 7.91. The van der Waals surface area contributed by atoms with Gasteiger partial charge in [-0.05, 0) is 45.4 Å². The number of imide groups is 1. The van der Waals surface area contributed by atoms with Gasteiger partial charge in [0.2, 0.25) is 0 Å². The highest BCUT2D eigenvalue weighted by Gasteiger charge is 2.26. The molecule has 0 bridgehead atoms. The molecule has 0 spiro atoms. The van der Waals surface area contributed by atoms with E-state index in [1.165, 1.54) is 14.2 Å². The molecule has 0 radical (unpaired) electrons. The highest BCUT2D eigenvalue weighted by atomic mass is 16.6. The summed E-state index contributed by atoms with van der Waals surface area (Å²) in [7, 11) is 2.55. The summed E-state index contributed by atoms with van der Waals surface area (Å²) in [5.41, 5.74) is 6.72. The first-order valence-corrected chi connectivity index (χ1v) is 9.52. The molecule has 0 aromatic heterocycles. The molecule has 9 nitrogen and oxygen atoms in total. The lowest BCUT2D eigenvalue weighted by molar-refractivity contribution is 0.0263. The van der Waals surface area contributed by atoms with Crippen LogP contribution in [0.3, 0.4) is 0 Å². The van der Waals surface area contributed by atoms with E-state index in [0.717, 1.165) is 17.0 Å². The third-order valence-electron chi connectivity index (χ3n) is 4.53. The molecule has 1 fully saturated rings. The molecule has 1 aromatic rings. The van der Waals surface area contributed by atoms with Crippen LogP contribution in [0.15, 0.2) is 18.2 Å². The molecular weight excluding hydrogens is 376 g/mol. The first-order chi connectivity index (χ1) is 13.5. The number of nitrogen functional groups attached to an aromatic ring is 1. The van der Waals surface area contributed by atoms with Crippen LogP contribution in [0.4, 0.5) is 21.0 Å². The van der Waals surface area contributed by atoms with E-state index in [1.54, 1.807) is 17.0 Å². The average Bonchev–Trinajstić information content (AvgIpc) is 2.91. The molecule has 0 atom stereocenters. The molecule has 2 rings (SSSR count). The predicted molar refractivity (Wildman–Crippen MR) is 110 cm³/mol. The summed E-state index contributed by atoms with van der Waals surface area (Å²) in [4.78, 5) is 41.2. The number of hydrogen-bond donors (Lipinski definition) is 1. The predicted octanol–water partition coefficient (Wildman–Crippen LogP) is 2.55. The molecule has 1 aliphatic rings. The third kappa shape index (κ3) is 5.75. The van der Waals surface area contributed by atoms with Crippen molar-refractivity contribution in [1.82, 2.24) is 9.80 Å². The fourth-order valence-corrected chi connectivity index (χ4v) is 3.01. The fraction of sp³-hybridized carbons (Fsp3) is 0.550. The Balaban J connectivity index is 2.14. The van der Waals surface area contributed by atoms with Crippen molar-refractivity contribution in [2.45, 2.75) is 32.8 Å². The van der Waals surface area contributed by atoms with Gasteiger partial charge in [-0.15, -0.1) is 0 Å². The van der Waals surface area contributed by atoms with Gasteiger partial charge >= 0.3 is 12.2 Å². The van der Waals surface area contributed by atoms with Crippen LogP contribution in [-0.2, 0) is 9.47 Å². The Hall–Kier alpha value is -2.97. The molecular formula is C20H30N4O5. The van der Waals surface area contributed by atoms with Gasteiger partial charge in [0.15, 0.2) is 0 Å². The molecule has 1 aromatic carbocycles. The highest BCUT2D eigenvalue weighted by molar-refractivity contribution is 6.06.